The van der Waals surface area contributed by atoms with Crippen molar-refractivity contribution in [2.24, 2.45) is 12.0 Å². The number of nitrogens with zero attached hydrogens (tertiary/aromatic N) is 5. The number of hydrogen-bond acceptors (Lipinski definition) is 5. The van der Waals surface area contributed by atoms with E-state index in [1.807, 2.05) is 48.9 Å². The molecule has 8 nitrogen and oxygen atoms in total. The molecule has 0 aliphatic heterocycles. The van der Waals surface area contributed by atoms with Gasteiger partial charge in [-0.05, 0) is 25.5 Å². The van der Waals surface area contributed by atoms with Crippen molar-refractivity contribution in [1.29, 1.82) is 0 Å². The third-order valence-electron chi connectivity index (χ3n) is 4.39. The van der Waals surface area contributed by atoms with Crippen LogP contribution in [0.2, 0.25) is 0 Å². The topological polar surface area (TPSA) is 93.2 Å². The molecular formula is C20H28IN7O. The van der Waals surface area contributed by atoms with E-state index in [1.165, 1.54) is 0 Å². The van der Waals surface area contributed by atoms with Gasteiger partial charge in [-0.15, -0.1) is 34.2 Å². The summed E-state index contributed by atoms with van der Waals surface area (Å²) in [7, 11) is 1.95. The van der Waals surface area contributed by atoms with Crippen molar-refractivity contribution in [1.82, 2.24) is 30.4 Å². The molecule has 0 unspecified atom stereocenters. The number of oxazole rings is 1. The Bertz CT molecular complexity index is 905. The second kappa shape index (κ2) is 11.5. The highest BCUT2D eigenvalue weighted by Crippen LogP contribution is 2.18. The number of aliphatic imine (C=N–C) groups is 1. The number of aryl methyl sites for hydroxylation is 1. The van der Waals surface area contributed by atoms with Crippen molar-refractivity contribution in [3.05, 3.63) is 53.9 Å². The molecule has 2 aromatic heterocycles. The Morgan fingerprint density at radius 1 is 1.17 bits per heavy atom. The maximum absolute atomic E-state index is 5.59. The average molecular weight is 509 g/mol. The van der Waals surface area contributed by atoms with Crippen LogP contribution in [-0.4, -0.2) is 32.3 Å². The summed E-state index contributed by atoms with van der Waals surface area (Å²) in [6, 6.07) is 9.84. The first-order valence-electron chi connectivity index (χ1n) is 9.54. The van der Waals surface area contributed by atoms with Crippen molar-refractivity contribution >= 4 is 29.9 Å². The molecule has 156 valence electrons. The molecule has 2 heterocycles. The number of unbranched alkanes of at least 4 members (excludes halogenated alkanes) is 1. The lowest BCUT2D eigenvalue weighted by Gasteiger charge is -2.12. The number of halogens is 1. The van der Waals surface area contributed by atoms with Crippen molar-refractivity contribution < 1.29 is 4.42 Å². The molecule has 0 saturated heterocycles. The predicted octanol–water partition coefficient (Wildman–Crippen LogP) is 3.43. The smallest absolute Gasteiger partial charge is 0.226 e. The van der Waals surface area contributed by atoms with E-state index in [2.05, 4.69) is 37.7 Å². The van der Waals surface area contributed by atoms with Crippen LogP contribution in [-0.2, 0) is 20.1 Å². The number of nitrogens with one attached hydrogen (secondary N) is 2. The zero-order chi connectivity index (χ0) is 19.8. The highest BCUT2D eigenvalue weighted by atomic mass is 127. The summed E-state index contributed by atoms with van der Waals surface area (Å²) in [4.78, 5) is 9.17. The Kier molecular flexibility index (Phi) is 9.10. The van der Waals surface area contributed by atoms with Gasteiger partial charge in [-0.3, -0.25) is 0 Å². The molecule has 0 aliphatic carbocycles. The monoisotopic (exact) mass is 509 g/mol. The maximum Gasteiger partial charge on any atom is 0.226 e. The summed E-state index contributed by atoms with van der Waals surface area (Å²) in [5.41, 5.74) is 1.74. The van der Waals surface area contributed by atoms with Crippen LogP contribution in [0.15, 0.2) is 46.0 Å². The molecule has 9 heteroatoms. The second-order valence-electron chi connectivity index (χ2n) is 6.53. The van der Waals surface area contributed by atoms with Gasteiger partial charge >= 0.3 is 0 Å². The maximum atomic E-state index is 5.59. The van der Waals surface area contributed by atoms with E-state index in [4.69, 9.17) is 4.42 Å². The van der Waals surface area contributed by atoms with Crippen LogP contribution in [0.5, 0.6) is 0 Å². The van der Waals surface area contributed by atoms with Crippen LogP contribution in [0.1, 0.15) is 37.1 Å². The van der Waals surface area contributed by atoms with Gasteiger partial charge in [-0.1, -0.05) is 31.5 Å². The van der Waals surface area contributed by atoms with Crippen LogP contribution in [0.4, 0.5) is 0 Å². The first kappa shape index (κ1) is 22.9. The van der Waals surface area contributed by atoms with E-state index in [0.717, 1.165) is 48.3 Å². The predicted molar refractivity (Wildman–Crippen MR) is 124 cm³/mol. The van der Waals surface area contributed by atoms with Crippen LogP contribution in [0.3, 0.4) is 0 Å². The van der Waals surface area contributed by atoms with Crippen LogP contribution >= 0.6 is 24.0 Å². The number of guanidine groups is 1. The van der Waals surface area contributed by atoms with Gasteiger partial charge in [0.1, 0.15) is 17.8 Å². The molecule has 29 heavy (non-hydrogen) atoms. The van der Waals surface area contributed by atoms with Crippen LogP contribution in [0.25, 0.3) is 11.5 Å². The summed E-state index contributed by atoms with van der Waals surface area (Å²) in [6.07, 6.45) is 3.85. The summed E-state index contributed by atoms with van der Waals surface area (Å²) < 4.78 is 7.55. The minimum Gasteiger partial charge on any atom is -0.444 e. The fraction of sp³-hybridized carbons (Fsp3) is 0.400. The Morgan fingerprint density at radius 3 is 2.66 bits per heavy atom. The largest absolute Gasteiger partial charge is 0.444 e. The first-order chi connectivity index (χ1) is 13.7. The van der Waals surface area contributed by atoms with Gasteiger partial charge < -0.3 is 19.6 Å². The Morgan fingerprint density at radius 2 is 1.97 bits per heavy atom. The van der Waals surface area contributed by atoms with Crippen molar-refractivity contribution in [3.63, 3.8) is 0 Å². The minimum atomic E-state index is 0. The number of benzene rings is 1. The molecule has 0 fully saturated rings. The molecule has 1 aromatic carbocycles. The van der Waals surface area contributed by atoms with E-state index >= 15 is 0 Å². The van der Waals surface area contributed by atoms with Gasteiger partial charge in [0.2, 0.25) is 5.89 Å². The Balaban J connectivity index is 0.00000300. The molecule has 0 radical (unpaired) electrons. The third kappa shape index (κ3) is 6.55. The molecular weight excluding hydrogens is 481 g/mol. The molecule has 0 atom stereocenters. The van der Waals surface area contributed by atoms with Gasteiger partial charge in [0, 0.05) is 19.2 Å². The fourth-order valence-corrected chi connectivity index (χ4v) is 2.58. The lowest BCUT2D eigenvalue weighted by molar-refractivity contribution is 0.572. The minimum absolute atomic E-state index is 0. The first-order valence-corrected chi connectivity index (χ1v) is 9.54. The van der Waals surface area contributed by atoms with Crippen molar-refractivity contribution in [2.45, 2.75) is 39.8 Å². The van der Waals surface area contributed by atoms with Gasteiger partial charge in [-0.25, -0.2) is 9.98 Å². The molecule has 3 aromatic rings. The van der Waals surface area contributed by atoms with E-state index in [0.29, 0.717) is 19.0 Å². The Hall–Kier alpha value is -2.43. The van der Waals surface area contributed by atoms with E-state index < -0.39 is 0 Å². The molecule has 0 aliphatic rings. The molecule has 0 saturated carbocycles. The summed E-state index contributed by atoms with van der Waals surface area (Å²) in [5.74, 6) is 3.06. The molecule has 2 N–H and O–H groups in total. The molecule has 0 bridgehead atoms. The summed E-state index contributed by atoms with van der Waals surface area (Å²) in [5, 5.41) is 14.9. The van der Waals surface area contributed by atoms with Crippen LogP contribution < -0.4 is 10.6 Å². The number of aromatic nitrogens is 4. The molecule has 0 amide bonds. The second-order valence-corrected chi connectivity index (χ2v) is 6.53. The zero-order valence-corrected chi connectivity index (χ0v) is 19.4. The van der Waals surface area contributed by atoms with Crippen molar-refractivity contribution in [2.75, 3.05) is 6.54 Å². The zero-order valence-electron chi connectivity index (χ0n) is 17.1. The summed E-state index contributed by atoms with van der Waals surface area (Å²) in [6.45, 7) is 5.92. The average Bonchev–Trinajstić information content (AvgIpc) is 3.32. The molecule has 3 rings (SSSR count). The fourth-order valence-electron chi connectivity index (χ4n) is 2.58. The van der Waals surface area contributed by atoms with Crippen molar-refractivity contribution in [3.8, 4) is 11.5 Å². The van der Waals surface area contributed by atoms with E-state index in [1.54, 1.807) is 6.26 Å². The van der Waals surface area contributed by atoms with E-state index in [9.17, 15) is 0 Å². The number of hydrogen-bond donors (Lipinski definition) is 2. The Labute approximate surface area is 188 Å². The lowest BCUT2D eigenvalue weighted by Crippen LogP contribution is -2.38. The van der Waals surface area contributed by atoms with Crippen LogP contribution in [0, 0.1) is 6.92 Å². The van der Waals surface area contributed by atoms with E-state index in [-0.39, 0.29) is 24.0 Å². The quantitative estimate of drug-likeness (QED) is 0.209. The number of rotatable bonds is 8. The summed E-state index contributed by atoms with van der Waals surface area (Å²) >= 11 is 0. The standard InChI is InChI=1S/C20H27N7O.HI/c1-4-5-11-21-20(23-13-18-26-25-15(2)27(18)3)22-12-17-14-28-19(24-17)16-9-7-6-8-10-16;/h6-10,14H,4-5,11-13H2,1-3H3,(H2,21,22,23);1H. The third-order valence-corrected chi connectivity index (χ3v) is 4.39. The normalized spacial score (nSPS) is 11.2. The van der Waals surface area contributed by atoms with Gasteiger partial charge in [0.05, 0.1) is 13.1 Å². The highest BCUT2D eigenvalue weighted by molar-refractivity contribution is 14.0. The van der Waals surface area contributed by atoms with Gasteiger partial charge in [0.15, 0.2) is 11.8 Å². The highest BCUT2D eigenvalue weighted by Gasteiger charge is 2.08. The lowest BCUT2D eigenvalue weighted by atomic mass is 10.2. The van der Waals surface area contributed by atoms with Gasteiger partial charge in [0.25, 0.3) is 0 Å². The molecule has 0 spiro atoms. The SMILES string of the molecule is CCCCNC(=NCc1coc(-c2ccccc2)n1)NCc1nnc(C)n1C.I. The van der Waals surface area contributed by atoms with Gasteiger partial charge in [-0.2, -0.15) is 0 Å².